The highest BCUT2D eigenvalue weighted by molar-refractivity contribution is 5.87. The monoisotopic (exact) mass is 313 g/mol. The number of ether oxygens (including phenoxy) is 2. The fourth-order valence-electron chi connectivity index (χ4n) is 1.89. The van der Waals surface area contributed by atoms with Crippen LogP contribution in [0.3, 0.4) is 0 Å². The number of nitro groups is 1. The summed E-state index contributed by atoms with van der Waals surface area (Å²) < 4.78 is 10.1. The van der Waals surface area contributed by atoms with Crippen LogP contribution in [-0.4, -0.2) is 18.0 Å². The first-order valence-electron chi connectivity index (χ1n) is 6.81. The molecule has 118 valence electrons. The Morgan fingerprint density at radius 3 is 2.52 bits per heavy atom. The van der Waals surface area contributed by atoms with E-state index in [2.05, 4.69) is 0 Å². The van der Waals surface area contributed by atoms with Crippen molar-refractivity contribution in [3.63, 3.8) is 0 Å². The van der Waals surface area contributed by atoms with Gasteiger partial charge in [0, 0.05) is 12.1 Å². The predicted molar refractivity (Wildman–Crippen MR) is 84.9 cm³/mol. The molecule has 0 atom stereocenters. The van der Waals surface area contributed by atoms with Crippen LogP contribution in [0.5, 0.6) is 5.75 Å². The maximum Gasteiger partial charge on any atom is 0.331 e. The van der Waals surface area contributed by atoms with Crippen molar-refractivity contribution in [2.24, 2.45) is 0 Å². The van der Waals surface area contributed by atoms with E-state index in [4.69, 9.17) is 9.47 Å². The van der Waals surface area contributed by atoms with Crippen molar-refractivity contribution < 1.29 is 19.2 Å². The van der Waals surface area contributed by atoms with Crippen molar-refractivity contribution in [2.75, 3.05) is 7.11 Å². The Labute approximate surface area is 133 Å². The van der Waals surface area contributed by atoms with E-state index in [1.54, 1.807) is 55.7 Å². The summed E-state index contributed by atoms with van der Waals surface area (Å²) in [6.45, 7) is -0.150. The molecule has 2 aromatic rings. The smallest absolute Gasteiger partial charge is 0.331 e. The van der Waals surface area contributed by atoms with E-state index in [0.29, 0.717) is 5.56 Å². The Hall–Kier alpha value is -3.15. The molecular weight excluding hydrogens is 298 g/mol. The molecule has 2 rings (SSSR count). The third kappa shape index (κ3) is 4.67. The normalized spacial score (nSPS) is 10.5. The van der Waals surface area contributed by atoms with Gasteiger partial charge < -0.3 is 9.47 Å². The number of carbonyl (C=O) groups is 1. The summed E-state index contributed by atoms with van der Waals surface area (Å²) in [5.41, 5.74) is 1.09. The van der Waals surface area contributed by atoms with Crippen LogP contribution in [0.4, 0.5) is 5.69 Å². The number of hydrogen-bond donors (Lipinski definition) is 0. The summed E-state index contributed by atoms with van der Waals surface area (Å²) in [6.07, 6.45) is 2.87. The number of methoxy groups -OCH3 is 1. The first-order chi connectivity index (χ1) is 11.1. The molecule has 0 unspecified atom stereocenters. The Morgan fingerprint density at radius 2 is 1.87 bits per heavy atom. The average Bonchev–Trinajstić information content (AvgIpc) is 2.58. The second-order valence-electron chi connectivity index (χ2n) is 4.60. The lowest BCUT2D eigenvalue weighted by molar-refractivity contribution is -0.385. The number of nitro benzene ring substituents is 1. The molecule has 0 aliphatic heterocycles. The van der Waals surface area contributed by atoms with E-state index in [-0.39, 0.29) is 12.3 Å². The lowest BCUT2D eigenvalue weighted by Crippen LogP contribution is -2.03. The van der Waals surface area contributed by atoms with E-state index in [9.17, 15) is 14.9 Å². The molecule has 0 saturated heterocycles. The van der Waals surface area contributed by atoms with Gasteiger partial charge in [0.15, 0.2) is 0 Å². The van der Waals surface area contributed by atoms with E-state index in [0.717, 1.165) is 11.3 Å². The van der Waals surface area contributed by atoms with Gasteiger partial charge in [0.2, 0.25) is 0 Å². The molecule has 0 spiro atoms. The van der Waals surface area contributed by atoms with Crippen LogP contribution < -0.4 is 4.74 Å². The molecule has 0 bridgehead atoms. The molecule has 0 aliphatic carbocycles. The van der Waals surface area contributed by atoms with Gasteiger partial charge in [-0.3, -0.25) is 10.1 Å². The van der Waals surface area contributed by atoms with Crippen molar-refractivity contribution in [3.05, 3.63) is 75.8 Å². The second-order valence-corrected chi connectivity index (χ2v) is 4.60. The van der Waals surface area contributed by atoms with Crippen molar-refractivity contribution >= 4 is 17.7 Å². The van der Waals surface area contributed by atoms with Crippen molar-refractivity contribution in [1.82, 2.24) is 0 Å². The fraction of sp³-hybridized carbons (Fsp3) is 0.118. The largest absolute Gasteiger partial charge is 0.497 e. The van der Waals surface area contributed by atoms with Crippen molar-refractivity contribution in [1.29, 1.82) is 0 Å². The van der Waals surface area contributed by atoms with Gasteiger partial charge in [0.1, 0.15) is 12.4 Å². The van der Waals surface area contributed by atoms with Crippen LogP contribution >= 0.6 is 0 Å². The lowest BCUT2D eigenvalue weighted by Gasteiger charge is -2.03. The molecule has 0 radical (unpaired) electrons. The highest BCUT2D eigenvalue weighted by Gasteiger charge is 2.13. The number of hydrogen-bond acceptors (Lipinski definition) is 5. The Balaban J connectivity index is 1.94. The molecule has 0 aliphatic rings. The topological polar surface area (TPSA) is 78.7 Å². The predicted octanol–water partition coefficient (Wildman–Crippen LogP) is 3.36. The minimum absolute atomic E-state index is 0.0700. The summed E-state index contributed by atoms with van der Waals surface area (Å²) in [5, 5.41) is 10.9. The molecule has 2 aromatic carbocycles. The van der Waals surface area contributed by atoms with E-state index in [1.165, 1.54) is 12.1 Å². The van der Waals surface area contributed by atoms with Gasteiger partial charge in [-0.2, -0.15) is 0 Å². The SMILES string of the molecule is COc1ccc(/C=C/C(=O)OCc2ccccc2[N+](=O)[O-])cc1. The summed E-state index contributed by atoms with van der Waals surface area (Å²) in [6, 6.07) is 13.3. The quantitative estimate of drug-likeness (QED) is 0.353. The first kappa shape index (κ1) is 16.2. The van der Waals surface area contributed by atoms with Crippen molar-refractivity contribution in [2.45, 2.75) is 6.61 Å². The molecule has 6 heteroatoms. The van der Waals surface area contributed by atoms with Gasteiger partial charge >= 0.3 is 5.97 Å². The third-order valence-electron chi connectivity index (χ3n) is 3.09. The lowest BCUT2D eigenvalue weighted by atomic mass is 10.2. The van der Waals surface area contributed by atoms with Gasteiger partial charge in [-0.25, -0.2) is 4.79 Å². The van der Waals surface area contributed by atoms with Crippen LogP contribution in [0.2, 0.25) is 0 Å². The van der Waals surface area contributed by atoms with Gasteiger partial charge in [-0.1, -0.05) is 24.3 Å². The van der Waals surface area contributed by atoms with Crippen LogP contribution in [0.15, 0.2) is 54.6 Å². The summed E-state index contributed by atoms with van der Waals surface area (Å²) in [5.74, 6) is 0.153. The van der Waals surface area contributed by atoms with E-state index < -0.39 is 10.9 Å². The number of carbonyl (C=O) groups excluding carboxylic acids is 1. The van der Waals surface area contributed by atoms with Crippen LogP contribution in [0, 0.1) is 10.1 Å². The molecule has 0 saturated carbocycles. The summed E-state index contributed by atoms with van der Waals surface area (Å²) >= 11 is 0. The minimum atomic E-state index is -0.570. The Morgan fingerprint density at radius 1 is 1.17 bits per heavy atom. The number of benzene rings is 2. The molecule has 0 heterocycles. The zero-order valence-corrected chi connectivity index (χ0v) is 12.5. The number of para-hydroxylation sites is 1. The zero-order valence-electron chi connectivity index (χ0n) is 12.5. The first-order valence-corrected chi connectivity index (χ1v) is 6.81. The highest BCUT2D eigenvalue weighted by Crippen LogP contribution is 2.18. The standard InChI is InChI=1S/C17H15NO5/c1-22-15-9-6-13(7-10-15)8-11-17(19)23-12-14-4-2-3-5-16(14)18(20)21/h2-11H,12H2,1H3/b11-8+. The average molecular weight is 313 g/mol. The fourth-order valence-corrected chi connectivity index (χ4v) is 1.89. The molecular formula is C17H15NO5. The van der Waals surface area contributed by atoms with E-state index >= 15 is 0 Å². The summed E-state index contributed by atoms with van der Waals surface area (Å²) in [7, 11) is 1.57. The number of nitrogens with zero attached hydrogens (tertiary/aromatic N) is 1. The van der Waals surface area contributed by atoms with Crippen molar-refractivity contribution in [3.8, 4) is 5.75 Å². The van der Waals surface area contributed by atoms with Gasteiger partial charge in [0.05, 0.1) is 17.6 Å². The molecule has 6 nitrogen and oxygen atoms in total. The van der Waals surface area contributed by atoms with E-state index in [1.807, 2.05) is 0 Å². The zero-order chi connectivity index (χ0) is 16.7. The third-order valence-corrected chi connectivity index (χ3v) is 3.09. The molecule has 23 heavy (non-hydrogen) atoms. The maximum atomic E-state index is 11.7. The number of esters is 1. The van der Waals surface area contributed by atoms with Crippen LogP contribution in [-0.2, 0) is 16.1 Å². The second kappa shape index (κ2) is 7.74. The van der Waals surface area contributed by atoms with Gasteiger partial charge in [-0.05, 0) is 29.8 Å². The number of rotatable bonds is 6. The van der Waals surface area contributed by atoms with Gasteiger partial charge in [-0.15, -0.1) is 0 Å². The van der Waals surface area contributed by atoms with Crippen LogP contribution in [0.1, 0.15) is 11.1 Å². The summed E-state index contributed by atoms with van der Waals surface area (Å²) in [4.78, 5) is 22.1. The molecule has 0 fully saturated rings. The molecule has 0 aromatic heterocycles. The molecule has 0 N–H and O–H groups in total. The Bertz CT molecular complexity index is 722. The van der Waals surface area contributed by atoms with Crippen LogP contribution in [0.25, 0.3) is 6.08 Å². The highest BCUT2D eigenvalue weighted by atomic mass is 16.6. The molecule has 0 amide bonds. The minimum Gasteiger partial charge on any atom is -0.497 e. The van der Waals surface area contributed by atoms with Gasteiger partial charge in [0.25, 0.3) is 5.69 Å². The maximum absolute atomic E-state index is 11.7. The Kier molecular flexibility index (Phi) is 5.46.